The predicted molar refractivity (Wildman–Crippen MR) is 93.9 cm³/mol. The maximum atomic E-state index is 13.2. The fourth-order valence-corrected chi connectivity index (χ4v) is 3.35. The van der Waals surface area contributed by atoms with E-state index in [2.05, 4.69) is 10.1 Å². The number of carbonyl (C=O) groups excluding carboxylic acids is 1. The van der Waals surface area contributed by atoms with Gasteiger partial charge in [0.1, 0.15) is 5.82 Å². The summed E-state index contributed by atoms with van der Waals surface area (Å²) in [4.78, 5) is 18.0. The standard InChI is InChI=1S/C20H15F4N3O2/c21-15-7-5-12(6-8-15)18-25-19(29-26-18)14-9-17(28)27(11-14)10-13-3-1-2-4-16(13)20(22,23)24/h1-8,14H,9-11H2. The molecule has 2 aromatic carbocycles. The lowest BCUT2D eigenvalue weighted by atomic mass is 10.1. The van der Waals surface area contributed by atoms with Crippen LogP contribution in [0.5, 0.6) is 0 Å². The molecule has 4 rings (SSSR count). The largest absolute Gasteiger partial charge is 0.416 e. The van der Waals surface area contributed by atoms with Crippen LogP contribution in [-0.2, 0) is 17.5 Å². The first kappa shape index (κ1) is 19.1. The van der Waals surface area contributed by atoms with Crippen molar-refractivity contribution < 1.29 is 26.9 Å². The Hall–Kier alpha value is -3.23. The lowest BCUT2D eigenvalue weighted by Crippen LogP contribution is -2.26. The van der Waals surface area contributed by atoms with Crippen LogP contribution in [0.15, 0.2) is 53.1 Å². The number of hydrogen-bond acceptors (Lipinski definition) is 4. The number of halogens is 4. The van der Waals surface area contributed by atoms with Gasteiger partial charge in [0.15, 0.2) is 0 Å². The molecule has 0 saturated carbocycles. The molecule has 0 aliphatic carbocycles. The van der Waals surface area contributed by atoms with E-state index >= 15 is 0 Å². The molecule has 1 amide bonds. The first-order valence-electron chi connectivity index (χ1n) is 8.83. The normalized spacial score (nSPS) is 17.2. The SMILES string of the molecule is O=C1CC(c2nc(-c3ccc(F)cc3)no2)CN1Cc1ccccc1C(F)(F)F. The van der Waals surface area contributed by atoms with E-state index in [4.69, 9.17) is 4.52 Å². The highest BCUT2D eigenvalue weighted by atomic mass is 19.4. The second-order valence-electron chi connectivity index (χ2n) is 6.79. The fraction of sp³-hybridized carbons (Fsp3) is 0.250. The third-order valence-electron chi connectivity index (χ3n) is 4.79. The molecule has 0 radical (unpaired) electrons. The minimum atomic E-state index is -4.49. The van der Waals surface area contributed by atoms with Crippen LogP contribution >= 0.6 is 0 Å². The third kappa shape index (κ3) is 3.98. The van der Waals surface area contributed by atoms with E-state index in [1.54, 1.807) is 0 Å². The van der Waals surface area contributed by atoms with Crippen LogP contribution in [0.2, 0.25) is 0 Å². The van der Waals surface area contributed by atoms with Crippen molar-refractivity contribution in [3.05, 3.63) is 71.4 Å². The Balaban J connectivity index is 1.50. The van der Waals surface area contributed by atoms with Gasteiger partial charge in [-0.05, 0) is 35.9 Å². The zero-order chi connectivity index (χ0) is 20.6. The Morgan fingerprint density at radius 1 is 1.10 bits per heavy atom. The maximum Gasteiger partial charge on any atom is 0.416 e. The molecule has 0 N–H and O–H groups in total. The summed E-state index contributed by atoms with van der Waals surface area (Å²) in [6.07, 6.45) is -4.42. The topological polar surface area (TPSA) is 59.2 Å². The fourth-order valence-electron chi connectivity index (χ4n) is 3.35. The molecule has 1 aromatic heterocycles. The van der Waals surface area contributed by atoms with Crippen molar-refractivity contribution in [1.29, 1.82) is 0 Å². The van der Waals surface area contributed by atoms with Crippen molar-refractivity contribution >= 4 is 5.91 Å². The highest BCUT2D eigenvalue weighted by molar-refractivity contribution is 5.79. The molecule has 1 unspecified atom stereocenters. The molecule has 5 nitrogen and oxygen atoms in total. The minimum Gasteiger partial charge on any atom is -0.339 e. The summed E-state index contributed by atoms with van der Waals surface area (Å²) < 4.78 is 57.9. The molecule has 1 aliphatic heterocycles. The number of hydrogen-bond donors (Lipinski definition) is 0. The summed E-state index contributed by atoms with van der Waals surface area (Å²) in [5.41, 5.74) is -0.166. The highest BCUT2D eigenvalue weighted by Crippen LogP contribution is 2.34. The van der Waals surface area contributed by atoms with Gasteiger partial charge < -0.3 is 9.42 Å². The average Bonchev–Trinajstić information content (AvgIpc) is 3.29. The van der Waals surface area contributed by atoms with Crippen LogP contribution in [0.1, 0.15) is 29.4 Å². The summed E-state index contributed by atoms with van der Waals surface area (Å²) in [6.45, 7) is 0.0278. The van der Waals surface area contributed by atoms with E-state index in [1.165, 1.54) is 47.4 Å². The number of benzene rings is 2. The first-order valence-corrected chi connectivity index (χ1v) is 8.83. The van der Waals surface area contributed by atoms with Crippen molar-refractivity contribution in [3.8, 4) is 11.4 Å². The molecule has 1 aliphatic rings. The number of alkyl halides is 3. The Bertz CT molecular complexity index is 1030. The second kappa shape index (κ2) is 7.31. The summed E-state index contributed by atoms with van der Waals surface area (Å²) >= 11 is 0. The molecular formula is C20H15F4N3O2. The van der Waals surface area contributed by atoms with E-state index in [-0.39, 0.29) is 42.7 Å². The molecule has 3 aromatic rings. The molecular weight excluding hydrogens is 390 g/mol. The van der Waals surface area contributed by atoms with Gasteiger partial charge in [-0.1, -0.05) is 23.4 Å². The van der Waals surface area contributed by atoms with Crippen molar-refractivity contribution in [2.45, 2.75) is 25.1 Å². The van der Waals surface area contributed by atoms with Crippen LogP contribution < -0.4 is 0 Å². The molecule has 1 fully saturated rings. The zero-order valence-corrected chi connectivity index (χ0v) is 15.0. The Labute approximate surface area is 162 Å². The van der Waals surface area contributed by atoms with Crippen molar-refractivity contribution in [3.63, 3.8) is 0 Å². The zero-order valence-electron chi connectivity index (χ0n) is 15.0. The average molecular weight is 405 g/mol. The summed E-state index contributed by atoms with van der Waals surface area (Å²) in [5, 5.41) is 3.85. The van der Waals surface area contributed by atoms with Crippen LogP contribution in [0, 0.1) is 5.82 Å². The van der Waals surface area contributed by atoms with Gasteiger partial charge in [-0.2, -0.15) is 18.2 Å². The molecule has 2 heterocycles. The number of nitrogens with zero attached hydrogens (tertiary/aromatic N) is 3. The minimum absolute atomic E-state index is 0.0338. The van der Waals surface area contributed by atoms with Gasteiger partial charge in [0, 0.05) is 25.1 Å². The Morgan fingerprint density at radius 3 is 2.55 bits per heavy atom. The van der Waals surface area contributed by atoms with Gasteiger partial charge >= 0.3 is 6.18 Å². The maximum absolute atomic E-state index is 13.2. The van der Waals surface area contributed by atoms with Gasteiger partial charge in [-0.25, -0.2) is 4.39 Å². The van der Waals surface area contributed by atoms with E-state index in [0.717, 1.165) is 6.07 Å². The molecule has 1 atom stereocenters. The summed E-state index contributed by atoms with van der Waals surface area (Å²) in [7, 11) is 0. The van der Waals surface area contributed by atoms with Crippen LogP contribution in [0.4, 0.5) is 17.6 Å². The molecule has 150 valence electrons. The smallest absolute Gasteiger partial charge is 0.339 e. The number of likely N-dealkylation sites (tertiary alicyclic amines) is 1. The lowest BCUT2D eigenvalue weighted by molar-refractivity contribution is -0.139. The van der Waals surface area contributed by atoms with Crippen molar-refractivity contribution in [2.24, 2.45) is 0 Å². The van der Waals surface area contributed by atoms with Crippen molar-refractivity contribution in [1.82, 2.24) is 15.0 Å². The summed E-state index contributed by atoms with van der Waals surface area (Å²) in [5.74, 6) is -0.609. The van der Waals surface area contributed by atoms with E-state index in [0.29, 0.717) is 5.56 Å². The van der Waals surface area contributed by atoms with E-state index in [9.17, 15) is 22.4 Å². The number of aromatic nitrogens is 2. The lowest BCUT2D eigenvalue weighted by Gasteiger charge is -2.19. The predicted octanol–water partition coefficient (Wildman–Crippen LogP) is 4.41. The molecule has 1 saturated heterocycles. The first-order chi connectivity index (χ1) is 13.8. The quantitative estimate of drug-likeness (QED) is 0.604. The molecule has 9 heteroatoms. The van der Waals surface area contributed by atoms with E-state index in [1.807, 2.05) is 0 Å². The van der Waals surface area contributed by atoms with Crippen LogP contribution in [0.3, 0.4) is 0 Å². The van der Waals surface area contributed by atoms with Gasteiger partial charge in [-0.15, -0.1) is 0 Å². The molecule has 29 heavy (non-hydrogen) atoms. The molecule has 0 spiro atoms. The molecule has 0 bridgehead atoms. The van der Waals surface area contributed by atoms with Crippen LogP contribution in [-0.4, -0.2) is 27.5 Å². The van der Waals surface area contributed by atoms with E-state index < -0.39 is 23.5 Å². The van der Waals surface area contributed by atoms with Gasteiger partial charge in [0.2, 0.25) is 17.6 Å². The monoisotopic (exact) mass is 405 g/mol. The van der Waals surface area contributed by atoms with Crippen LogP contribution in [0.25, 0.3) is 11.4 Å². The number of rotatable bonds is 4. The van der Waals surface area contributed by atoms with Gasteiger partial charge in [0.05, 0.1) is 11.5 Å². The van der Waals surface area contributed by atoms with Gasteiger partial charge in [-0.3, -0.25) is 4.79 Å². The summed E-state index contributed by atoms with van der Waals surface area (Å²) in [6, 6.07) is 10.7. The Morgan fingerprint density at radius 2 is 1.83 bits per heavy atom. The third-order valence-corrected chi connectivity index (χ3v) is 4.79. The Kier molecular flexibility index (Phi) is 4.81. The number of amides is 1. The number of carbonyl (C=O) groups is 1. The van der Waals surface area contributed by atoms with Crippen molar-refractivity contribution in [2.75, 3.05) is 6.54 Å². The van der Waals surface area contributed by atoms with Gasteiger partial charge in [0.25, 0.3) is 0 Å². The second-order valence-corrected chi connectivity index (χ2v) is 6.79. The highest BCUT2D eigenvalue weighted by Gasteiger charge is 2.37.